The monoisotopic (exact) mass is 467 g/mol. The Morgan fingerprint density at radius 1 is 1.09 bits per heavy atom. The van der Waals surface area contributed by atoms with Gasteiger partial charge in [-0.05, 0) is 62.2 Å². The number of nitrogens with zero attached hydrogens (tertiary/aromatic N) is 6. The van der Waals surface area contributed by atoms with Crippen LogP contribution in [0.5, 0.6) is 0 Å². The lowest BCUT2D eigenvalue weighted by Gasteiger charge is -2.32. The molecule has 176 valence electrons. The van der Waals surface area contributed by atoms with E-state index in [1.807, 2.05) is 48.1 Å². The Hall–Kier alpha value is -3.91. The maximum Gasteiger partial charge on any atom is 0.127 e. The summed E-state index contributed by atoms with van der Waals surface area (Å²) in [6.45, 7) is 4.37. The number of fused-ring (bicyclic) bond motifs is 1. The van der Waals surface area contributed by atoms with Crippen LogP contribution >= 0.6 is 0 Å². The van der Waals surface area contributed by atoms with Crippen molar-refractivity contribution in [2.45, 2.75) is 32.4 Å². The molecule has 1 atom stereocenters. The molecule has 0 aliphatic carbocycles. The number of likely N-dealkylation sites (tertiary alicyclic amines) is 1. The van der Waals surface area contributed by atoms with Crippen LogP contribution in [0.1, 0.15) is 30.0 Å². The third-order valence-corrected chi connectivity index (χ3v) is 6.91. The van der Waals surface area contributed by atoms with E-state index in [-0.39, 0.29) is 11.9 Å². The molecule has 2 aromatic carbocycles. The molecule has 8 heteroatoms. The molecule has 1 unspecified atom stereocenters. The van der Waals surface area contributed by atoms with Crippen LogP contribution in [0.4, 0.5) is 4.39 Å². The normalized spacial score (nSPS) is 16.7. The highest BCUT2D eigenvalue weighted by Gasteiger charge is 2.24. The van der Waals surface area contributed by atoms with Crippen molar-refractivity contribution in [2.75, 3.05) is 13.1 Å². The van der Waals surface area contributed by atoms with Crippen molar-refractivity contribution < 1.29 is 4.39 Å². The zero-order chi connectivity index (χ0) is 23.8. The molecule has 0 spiro atoms. The molecular weight excluding hydrogens is 441 g/mol. The van der Waals surface area contributed by atoms with Crippen LogP contribution in [0.3, 0.4) is 0 Å². The van der Waals surface area contributed by atoms with Gasteiger partial charge in [0, 0.05) is 47.6 Å². The van der Waals surface area contributed by atoms with Crippen LogP contribution in [0.25, 0.3) is 33.4 Å². The van der Waals surface area contributed by atoms with E-state index >= 15 is 0 Å². The summed E-state index contributed by atoms with van der Waals surface area (Å²) >= 11 is 0. The van der Waals surface area contributed by atoms with Gasteiger partial charge in [0.1, 0.15) is 17.2 Å². The largest absolute Gasteiger partial charge is 0.297 e. The predicted octanol–water partition coefficient (Wildman–Crippen LogP) is 5.17. The third kappa shape index (κ3) is 4.21. The van der Waals surface area contributed by atoms with Gasteiger partial charge in [0.15, 0.2) is 0 Å². The summed E-state index contributed by atoms with van der Waals surface area (Å²) in [5.74, 6) is -0.129. The highest BCUT2D eigenvalue weighted by Crippen LogP contribution is 2.30. The van der Waals surface area contributed by atoms with E-state index in [9.17, 15) is 4.39 Å². The molecule has 0 amide bonds. The van der Waals surface area contributed by atoms with Crippen molar-refractivity contribution in [3.05, 3.63) is 84.1 Å². The summed E-state index contributed by atoms with van der Waals surface area (Å²) in [4.78, 5) is 6.42. The molecule has 1 fully saturated rings. The molecule has 1 saturated heterocycles. The van der Waals surface area contributed by atoms with E-state index in [1.165, 1.54) is 0 Å². The number of benzene rings is 2. The van der Waals surface area contributed by atoms with Gasteiger partial charge in [-0.15, -0.1) is 5.10 Å². The van der Waals surface area contributed by atoms with Crippen LogP contribution in [0.2, 0.25) is 0 Å². The molecule has 0 saturated carbocycles. The molecule has 3 aromatic heterocycles. The molecule has 35 heavy (non-hydrogen) atoms. The SMILES string of the molecule is Cc1cccc(F)c1CN1CCCC(n2cc(-c3ccc4[nH]nc(-c5ccncc5)c4c3)nn2)C1. The smallest absolute Gasteiger partial charge is 0.127 e. The third-order valence-electron chi connectivity index (χ3n) is 6.91. The van der Waals surface area contributed by atoms with Gasteiger partial charge in [0.2, 0.25) is 0 Å². The maximum absolute atomic E-state index is 14.4. The molecule has 1 aliphatic rings. The Bertz CT molecular complexity index is 1450. The summed E-state index contributed by atoms with van der Waals surface area (Å²) in [5, 5.41) is 17.6. The van der Waals surface area contributed by atoms with Gasteiger partial charge in [-0.25, -0.2) is 9.07 Å². The average molecular weight is 468 g/mol. The van der Waals surface area contributed by atoms with Gasteiger partial charge < -0.3 is 0 Å². The van der Waals surface area contributed by atoms with Crippen molar-refractivity contribution in [3.8, 4) is 22.5 Å². The molecule has 1 aliphatic heterocycles. The summed E-state index contributed by atoms with van der Waals surface area (Å²) in [6.07, 6.45) is 7.64. The topological polar surface area (TPSA) is 75.5 Å². The molecule has 0 bridgehead atoms. The van der Waals surface area contributed by atoms with Crippen LogP contribution in [-0.2, 0) is 6.54 Å². The van der Waals surface area contributed by atoms with Gasteiger partial charge in [-0.3, -0.25) is 15.0 Å². The standard InChI is InChI=1S/C27H26FN7/c1-18-4-2-6-24(28)23(18)16-34-13-3-5-21(15-34)35-17-26(31-33-35)20-7-8-25-22(14-20)27(32-30-25)19-9-11-29-12-10-19/h2,4,6-12,14,17,21H,3,5,13,15-16H2,1H3,(H,30,32). The molecule has 0 radical (unpaired) electrons. The number of H-pyrrole nitrogens is 1. The lowest BCUT2D eigenvalue weighted by molar-refractivity contribution is 0.160. The second-order valence-corrected chi connectivity index (χ2v) is 9.22. The van der Waals surface area contributed by atoms with Crippen LogP contribution in [-0.4, -0.2) is 48.2 Å². The minimum absolute atomic E-state index is 0.129. The minimum Gasteiger partial charge on any atom is -0.297 e. The number of pyridine rings is 1. The first-order valence-corrected chi connectivity index (χ1v) is 11.9. The summed E-state index contributed by atoms with van der Waals surface area (Å²) in [7, 11) is 0. The Labute approximate surface area is 202 Å². The number of nitrogens with one attached hydrogen (secondary N) is 1. The minimum atomic E-state index is -0.129. The van der Waals surface area contributed by atoms with E-state index in [4.69, 9.17) is 0 Å². The van der Waals surface area contributed by atoms with Crippen LogP contribution in [0, 0.1) is 12.7 Å². The van der Waals surface area contributed by atoms with Gasteiger partial charge in [-0.1, -0.05) is 23.4 Å². The lowest BCUT2D eigenvalue weighted by Crippen LogP contribution is -2.36. The van der Waals surface area contributed by atoms with Crippen molar-refractivity contribution in [1.29, 1.82) is 0 Å². The van der Waals surface area contributed by atoms with Crippen LogP contribution in [0.15, 0.2) is 67.1 Å². The quantitative estimate of drug-likeness (QED) is 0.386. The van der Waals surface area contributed by atoms with E-state index in [2.05, 4.69) is 36.5 Å². The molecule has 7 nitrogen and oxygen atoms in total. The van der Waals surface area contributed by atoms with Gasteiger partial charge in [0.05, 0.1) is 17.8 Å². The summed E-state index contributed by atoms with van der Waals surface area (Å²) in [5.41, 5.74) is 6.48. The highest BCUT2D eigenvalue weighted by molar-refractivity contribution is 5.95. The number of hydrogen-bond donors (Lipinski definition) is 1. The summed E-state index contributed by atoms with van der Waals surface area (Å²) in [6, 6.07) is 15.6. The lowest BCUT2D eigenvalue weighted by atomic mass is 10.0. The average Bonchev–Trinajstić information content (AvgIpc) is 3.54. The zero-order valence-corrected chi connectivity index (χ0v) is 19.5. The molecule has 5 aromatic rings. The molecule has 4 heterocycles. The number of aromatic nitrogens is 6. The van der Waals surface area contributed by atoms with Gasteiger partial charge in [-0.2, -0.15) is 5.10 Å². The van der Waals surface area contributed by atoms with Crippen molar-refractivity contribution >= 4 is 10.9 Å². The van der Waals surface area contributed by atoms with E-state index in [0.717, 1.165) is 70.5 Å². The number of halogens is 1. The number of rotatable bonds is 5. The first-order chi connectivity index (χ1) is 17.2. The first kappa shape index (κ1) is 21.6. The zero-order valence-electron chi connectivity index (χ0n) is 19.5. The fourth-order valence-electron chi connectivity index (χ4n) is 4.97. The molecule has 1 N–H and O–H groups in total. The fraction of sp³-hybridized carbons (Fsp3) is 0.259. The maximum atomic E-state index is 14.4. The second-order valence-electron chi connectivity index (χ2n) is 9.22. The Balaban J connectivity index is 1.23. The number of aryl methyl sites for hydroxylation is 1. The fourth-order valence-corrected chi connectivity index (χ4v) is 4.97. The highest BCUT2D eigenvalue weighted by atomic mass is 19.1. The number of piperidine rings is 1. The Morgan fingerprint density at radius 2 is 1.97 bits per heavy atom. The van der Waals surface area contributed by atoms with Gasteiger partial charge in [0.25, 0.3) is 0 Å². The van der Waals surface area contributed by atoms with Crippen molar-refractivity contribution in [3.63, 3.8) is 0 Å². The number of hydrogen-bond acceptors (Lipinski definition) is 5. The summed E-state index contributed by atoms with van der Waals surface area (Å²) < 4.78 is 16.3. The predicted molar refractivity (Wildman–Crippen MR) is 133 cm³/mol. The second kappa shape index (κ2) is 9.03. The molecular formula is C27H26FN7. The Kier molecular flexibility index (Phi) is 5.58. The van der Waals surface area contributed by atoms with E-state index < -0.39 is 0 Å². The molecule has 6 rings (SSSR count). The van der Waals surface area contributed by atoms with Crippen molar-refractivity contribution in [2.24, 2.45) is 0 Å². The first-order valence-electron chi connectivity index (χ1n) is 11.9. The van der Waals surface area contributed by atoms with Gasteiger partial charge >= 0.3 is 0 Å². The van der Waals surface area contributed by atoms with Crippen LogP contribution < -0.4 is 0 Å². The Morgan fingerprint density at radius 3 is 2.83 bits per heavy atom. The van der Waals surface area contributed by atoms with Crippen molar-refractivity contribution in [1.82, 2.24) is 35.1 Å². The number of aromatic amines is 1. The van der Waals surface area contributed by atoms with E-state index in [0.29, 0.717) is 6.54 Å². The van der Waals surface area contributed by atoms with E-state index in [1.54, 1.807) is 24.5 Å².